The van der Waals surface area contributed by atoms with Crippen LogP contribution < -0.4 is 4.74 Å². The highest BCUT2D eigenvalue weighted by Crippen LogP contribution is 2.39. The van der Waals surface area contributed by atoms with E-state index in [1.165, 1.54) is 11.3 Å². The minimum atomic E-state index is -0.714. The lowest BCUT2D eigenvalue weighted by molar-refractivity contribution is -0.129. The highest BCUT2D eigenvalue weighted by atomic mass is 32.1. The molecule has 1 aliphatic carbocycles. The van der Waals surface area contributed by atoms with Crippen molar-refractivity contribution < 1.29 is 19.1 Å². The molecule has 0 bridgehead atoms. The first kappa shape index (κ1) is 20.3. The summed E-state index contributed by atoms with van der Waals surface area (Å²) in [6.45, 7) is 1.73. The van der Waals surface area contributed by atoms with Gasteiger partial charge in [-0.05, 0) is 19.1 Å². The maximum atomic E-state index is 13.1. The molecule has 1 aromatic heterocycles. The molecule has 3 aromatic rings. The summed E-state index contributed by atoms with van der Waals surface area (Å²) in [5, 5.41) is 0.836. The van der Waals surface area contributed by atoms with Crippen LogP contribution in [-0.4, -0.2) is 30.9 Å². The number of ketones is 2. The molecular formula is C25H22O4S. The molecule has 2 atom stereocenters. The van der Waals surface area contributed by atoms with E-state index in [1.54, 1.807) is 19.2 Å². The van der Waals surface area contributed by atoms with E-state index in [0.717, 1.165) is 10.1 Å². The molecule has 4 nitrogen and oxygen atoms in total. The Morgan fingerprint density at radius 1 is 1.03 bits per heavy atom. The number of hydrogen-bond acceptors (Lipinski definition) is 5. The van der Waals surface area contributed by atoms with Crippen LogP contribution >= 0.6 is 11.3 Å². The molecule has 5 heteroatoms. The molecule has 1 heterocycles. The lowest BCUT2D eigenvalue weighted by Gasteiger charge is -2.32. The minimum Gasteiger partial charge on any atom is -0.483 e. The normalized spacial score (nSPS) is 20.4. The van der Waals surface area contributed by atoms with Gasteiger partial charge in [0, 0.05) is 22.8 Å². The molecule has 0 spiro atoms. The molecule has 0 fully saturated rings. The van der Waals surface area contributed by atoms with Gasteiger partial charge in [0.05, 0.1) is 11.5 Å². The van der Waals surface area contributed by atoms with Gasteiger partial charge in [-0.1, -0.05) is 66.8 Å². The second-order valence-electron chi connectivity index (χ2n) is 7.32. The molecule has 4 rings (SSSR count). The van der Waals surface area contributed by atoms with Crippen molar-refractivity contribution in [3.63, 3.8) is 0 Å². The zero-order valence-electron chi connectivity index (χ0n) is 16.8. The van der Waals surface area contributed by atoms with Crippen molar-refractivity contribution in [1.82, 2.24) is 0 Å². The number of methoxy groups -OCH3 is 1. The SMILES string of the molecule is COC1(C)C=CC=CC1C(=O)COc1c(C(=O)c2ccccc2)sc2ccccc12. The number of carbonyl (C=O) groups excluding carboxylic acids is 2. The van der Waals surface area contributed by atoms with Gasteiger partial charge in [0.1, 0.15) is 17.2 Å². The van der Waals surface area contributed by atoms with Crippen molar-refractivity contribution in [2.45, 2.75) is 12.5 Å². The number of ether oxygens (including phenoxy) is 2. The number of allylic oxidation sites excluding steroid dienone is 2. The first-order chi connectivity index (χ1) is 14.5. The van der Waals surface area contributed by atoms with Crippen LogP contribution in [0, 0.1) is 5.92 Å². The summed E-state index contributed by atoms with van der Waals surface area (Å²) in [4.78, 5) is 26.6. The Morgan fingerprint density at radius 2 is 1.77 bits per heavy atom. The Labute approximate surface area is 179 Å². The lowest BCUT2D eigenvalue weighted by atomic mass is 9.82. The van der Waals surface area contributed by atoms with Crippen LogP contribution in [0.25, 0.3) is 10.1 Å². The number of carbonyl (C=O) groups is 2. The molecule has 30 heavy (non-hydrogen) atoms. The van der Waals surface area contributed by atoms with Gasteiger partial charge in [-0.2, -0.15) is 0 Å². The van der Waals surface area contributed by atoms with Gasteiger partial charge >= 0.3 is 0 Å². The Hall–Kier alpha value is -3.02. The van der Waals surface area contributed by atoms with Gasteiger partial charge < -0.3 is 9.47 Å². The molecule has 0 N–H and O–H groups in total. The van der Waals surface area contributed by atoms with E-state index in [-0.39, 0.29) is 18.2 Å². The summed E-state index contributed by atoms with van der Waals surface area (Å²) in [5.41, 5.74) is -0.123. The van der Waals surface area contributed by atoms with E-state index in [2.05, 4.69) is 0 Å². The molecule has 2 aromatic carbocycles. The van der Waals surface area contributed by atoms with Crippen LogP contribution in [0.15, 0.2) is 78.9 Å². The minimum absolute atomic E-state index is 0.103. The first-order valence-corrected chi connectivity index (χ1v) is 10.5. The number of thiophene rings is 1. The van der Waals surface area contributed by atoms with Gasteiger partial charge in [0.25, 0.3) is 0 Å². The number of fused-ring (bicyclic) bond motifs is 1. The third-order valence-electron chi connectivity index (χ3n) is 5.40. The summed E-state index contributed by atoms with van der Waals surface area (Å²) in [6.07, 6.45) is 7.42. The van der Waals surface area contributed by atoms with Crippen molar-refractivity contribution in [2.24, 2.45) is 5.92 Å². The van der Waals surface area contributed by atoms with Crippen molar-refractivity contribution in [3.05, 3.63) is 89.3 Å². The number of rotatable bonds is 7. The molecular weight excluding hydrogens is 396 g/mol. The molecule has 0 amide bonds. The first-order valence-electron chi connectivity index (χ1n) is 9.71. The zero-order chi connectivity index (χ0) is 21.1. The van der Waals surface area contributed by atoms with Crippen LogP contribution in [0.2, 0.25) is 0 Å². The number of Topliss-reactive ketones (excluding diaryl/α,β-unsaturated/α-hetero) is 1. The van der Waals surface area contributed by atoms with Crippen LogP contribution in [0.4, 0.5) is 0 Å². The second-order valence-corrected chi connectivity index (χ2v) is 8.37. The fourth-order valence-electron chi connectivity index (χ4n) is 3.61. The Morgan fingerprint density at radius 3 is 2.53 bits per heavy atom. The summed E-state index contributed by atoms with van der Waals surface area (Å²) in [7, 11) is 1.59. The number of hydrogen-bond donors (Lipinski definition) is 0. The predicted octanol–water partition coefficient (Wildman–Crippen LogP) is 5.23. The van der Waals surface area contributed by atoms with E-state index in [0.29, 0.717) is 16.2 Å². The lowest BCUT2D eigenvalue weighted by Crippen LogP contribution is -2.41. The summed E-state index contributed by atoms with van der Waals surface area (Å²) < 4.78 is 12.5. The quantitative estimate of drug-likeness (QED) is 0.493. The predicted molar refractivity (Wildman–Crippen MR) is 119 cm³/mol. The second kappa shape index (κ2) is 8.38. The zero-order valence-corrected chi connectivity index (χ0v) is 17.6. The van der Waals surface area contributed by atoms with Gasteiger partial charge in [-0.25, -0.2) is 0 Å². The standard InChI is InChI=1S/C25H22O4S/c1-25(28-2)15-9-8-13-19(25)20(26)16-29-23-18-12-6-7-14-21(18)30-24(23)22(27)17-10-4-3-5-11-17/h3-15,19H,16H2,1-2H3. The highest BCUT2D eigenvalue weighted by Gasteiger charge is 2.37. The van der Waals surface area contributed by atoms with Gasteiger partial charge in [0.15, 0.2) is 5.78 Å². The van der Waals surface area contributed by atoms with Crippen LogP contribution in [0.1, 0.15) is 22.2 Å². The third kappa shape index (κ3) is 3.74. The fraction of sp³-hybridized carbons (Fsp3) is 0.200. The summed E-state index contributed by atoms with van der Waals surface area (Å²) >= 11 is 1.38. The largest absolute Gasteiger partial charge is 0.483 e. The van der Waals surface area contributed by atoms with Gasteiger partial charge in [0.2, 0.25) is 5.78 Å². The van der Waals surface area contributed by atoms with E-state index in [1.807, 2.05) is 73.7 Å². The molecule has 0 aliphatic heterocycles. The van der Waals surface area contributed by atoms with E-state index < -0.39 is 11.5 Å². The van der Waals surface area contributed by atoms with E-state index in [4.69, 9.17) is 9.47 Å². The number of benzene rings is 2. The maximum absolute atomic E-state index is 13.1. The molecule has 0 saturated heterocycles. The maximum Gasteiger partial charge on any atom is 0.206 e. The average Bonchev–Trinajstić information content (AvgIpc) is 3.16. The monoisotopic (exact) mass is 418 g/mol. The smallest absolute Gasteiger partial charge is 0.206 e. The molecule has 1 aliphatic rings. The average molecular weight is 419 g/mol. The third-order valence-corrected chi connectivity index (χ3v) is 6.55. The van der Waals surface area contributed by atoms with Crippen molar-refractivity contribution in [1.29, 1.82) is 0 Å². The Kier molecular flexibility index (Phi) is 5.66. The molecule has 0 saturated carbocycles. The Bertz CT molecular complexity index is 1140. The van der Waals surface area contributed by atoms with Crippen molar-refractivity contribution >= 4 is 33.0 Å². The van der Waals surface area contributed by atoms with Gasteiger partial charge in [-0.3, -0.25) is 9.59 Å². The summed E-state index contributed by atoms with van der Waals surface area (Å²) in [6, 6.07) is 16.8. The van der Waals surface area contributed by atoms with E-state index >= 15 is 0 Å². The highest BCUT2D eigenvalue weighted by molar-refractivity contribution is 7.21. The fourth-order valence-corrected chi connectivity index (χ4v) is 4.72. The Balaban J connectivity index is 1.64. The van der Waals surface area contributed by atoms with Crippen LogP contribution in [0.3, 0.4) is 0 Å². The van der Waals surface area contributed by atoms with Crippen LogP contribution in [-0.2, 0) is 9.53 Å². The van der Waals surface area contributed by atoms with Gasteiger partial charge in [-0.15, -0.1) is 11.3 Å². The van der Waals surface area contributed by atoms with Crippen molar-refractivity contribution in [2.75, 3.05) is 13.7 Å². The topological polar surface area (TPSA) is 52.6 Å². The molecule has 2 unspecified atom stereocenters. The summed E-state index contributed by atoms with van der Waals surface area (Å²) in [5.74, 6) is -0.201. The van der Waals surface area contributed by atoms with Crippen LogP contribution in [0.5, 0.6) is 5.75 Å². The molecule has 0 radical (unpaired) electrons. The van der Waals surface area contributed by atoms with Crippen molar-refractivity contribution in [3.8, 4) is 5.75 Å². The van der Waals surface area contributed by atoms with E-state index in [9.17, 15) is 9.59 Å². The molecule has 152 valence electrons.